The van der Waals surface area contributed by atoms with Gasteiger partial charge in [0.05, 0.1) is 6.26 Å². The summed E-state index contributed by atoms with van der Waals surface area (Å²) in [5.41, 5.74) is 3.81. The normalized spacial score (nSPS) is 21.4. The van der Waals surface area contributed by atoms with E-state index < -0.39 is 10.0 Å². The van der Waals surface area contributed by atoms with Gasteiger partial charge in [0.25, 0.3) is 5.91 Å². The zero-order valence-electron chi connectivity index (χ0n) is 14.3. The van der Waals surface area contributed by atoms with Crippen LogP contribution in [-0.4, -0.2) is 33.2 Å². The summed E-state index contributed by atoms with van der Waals surface area (Å²) in [4.78, 5) is 12.5. The standard InChI is InChI=1S/C17H26N2O3S/c1-11-8-12(2)16(13(3)9-11)17(20)18-10-14-6-5-7-15(14)19-23(4,21)22/h8-9,14-15,19H,5-7,10H2,1-4H3,(H,18,20)/t14-,15+/m1/s1. The van der Waals surface area contributed by atoms with E-state index in [0.29, 0.717) is 6.54 Å². The smallest absolute Gasteiger partial charge is 0.251 e. The molecule has 0 aliphatic heterocycles. The zero-order valence-corrected chi connectivity index (χ0v) is 15.1. The third kappa shape index (κ3) is 4.78. The monoisotopic (exact) mass is 338 g/mol. The Morgan fingerprint density at radius 2 is 1.78 bits per heavy atom. The molecule has 2 atom stereocenters. The van der Waals surface area contributed by atoms with Crippen LogP contribution >= 0.6 is 0 Å². The Labute approximate surface area is 138 Å². The van der Waals surface area contributed by atoms with Gasteiger partial charge in [-0.15, -0.1) is 0 Å². The summed E-state index contributed by atoms with van der Waals surface area (Å²) < 4.78 is 25.5. The number of hydrogen-bond donors (Lipinski definition) is 2. The van der Waals surface area contributed by atoms with E-state index >= 15 is 0 Å². The van der Waals surface area contributed by atoms with Gasteiger partial charge in [-0.25, -0.2) is 13.1 Å². The summed E-state index contributed by atoms with van der Waals surface area (Å²) in [7, 11) is -3.21. The van der Waals surface area contributed by atoms with Crippen molar-refractivity contribution in [2.24, 2.45) is 5.92 Å². The van der Waals surface area contributed by atoms with Crippen LogP contribution in [0.15, 0.2) is 12.1 Å². The number of benzene rings is 1. The first-order valence-corrected chi connectivity index (χ1v) is 9.90. The minimum Gasteiger partial charge on any atom is -0.352 e. The van der Waals surface area contributed by atoms with Gasteiger partial charge in [-0.05, 0) is 50.7 Å². The van der Waals surface area contributed by atoms with Gasteiger partial charge < -0.3 is 5.32 Å². The van der Waals surface area contributed by atoms with Gasteiger partial charge in [0.15, 0.2) is 0 Å². The summed E-state index contributed by atoms with van der Waals surface area (Å²) >= 11 is 0. The number of hydrogen-bond acceptors (Lipinski definition) is 3. The van der Waals surface area contributed by atoms with Gasteiger partial charge >= 0.3 is 0 Å². The summed E-state index contributed by atoms with van der Waals surface area (Å²) in [6, 6.07) is 3.93. The maximum Gasteiger partial charge on any atom is 0.251 e. The highest BCUT2D eigenvalue weighted by Gasteiger charge is 2.29. The largest absolute Gasteiger partial charge is 0.352 e. The van der Waals surface area contributed by atoms with Crippen LogP contribution in [0.4, 0.5) is 0 Å². The van der Waals surface area contributed by atoms with Gasteiger partial charge in [0, 0.05) is 18.2 Å². The molecule has 1 fully saturated rings. The van der Waals surface area contributed by atoms with Crippen molar-refractivity contribution >= 4 is 15.9 Å². The van der Waals surface area contributed by atoms with Crippen molar-refractivity contribution in [2.45, 2.75) is 46.1 Å². The quantitative estimate of drug-likeness (QED) is 0.863. The van der Waals surface area contributed by atoms with E-state index in [9.17, 15) is 13.2 Å². The van der Waals surface area contributed by atoms with E-state index in [1.54, 1.807) is 0 Å². The molecule has 5 nitrogen and oxygen atoms in total. The number of aryl methyl sites for hydroxylation is 3. The molecular formula is C17H26N2O3S. The molecule has 0 bridgehead atoms. The molecule has 1 saturated carbocycles. The van der Waals surface area contributed by atoms with Crippen LogP contribution in [0.5, 0.6) is 0 Å². The van der Waals surface area contributed by atoms with Gasteiger partial charge in [0.2, 0.25) is 10.0 Å². The Balaban J connectivity index is 2.02. The van der Waals surface area contributed by atoms with Crippen LogP contribution in [0.1, 0.15) is 46.3 Å². The summed E-state index contributed by atoms with van der Waals surface area (Å²) in [5.74, 6) is 0.0738. The highest BCUT2D eigenvalue weighted by Crippen LogP contribution is 2.26. The van der Waals surface area contributed by atoms with Gasteiger partial charge in [-0.3, -0.25) is 4.79 Å². The highest BCUT2D eigenvalue weighted by atomic mass is 32.2. The van der Waals surface area contributed by atoms with Gasteiger partial charge in [0.1, 0.15) is 0 Å². The second-order valence-corrected chi connectivity index (χ2v) is 8.45. The molecule has 128 valence electrons. The van der Waals surface area contributed by atoms with Gasteiger partial charge in [-0.1, -0.05) is 24.1 Å². The van der Waals surface area contributed by atoms with Crippen LogP contribution in [0.25, 0.3) is 0 Å². The average molecular weight is 338 g/mol. The molecule has 6 heteroatoms. The van der Waals surface area contributed by atoms with E-state index in [4.69, 9.17) is 0 Å². The van der Waals surface area contributed by atoms with Crippen LogP contribution in [-0.2, 0) is 10.0 Å². The van der Waals surface area contributed by atoms with Crippen molar-refractivity contribution in [2.75, 3.05) is 12.8 Å². The van der Waals surface area contributed by atoms with Crippen molar-refractivity contribution in [3.8, 4) is 0 Å². The summed E-state index contributed by atoms with van der Waals surface area (Å²) in [6.45, 7) is 6.40. The van der Waals surface area contributed by atoms with Crippen LogP contribution < -0.4 is 10.0 Å². The topological polar surface area (TPSA) is 75.3 Å². The minimum atomic E-state index is -3.21. The lowest BCUT2D eigenvalue weighted by atomic mass is 9.98. The Morgan fingerprint density at radius 1 is 1.17 bits per heavy atom. The third-order valence-electron chi connectivity index (χ3n) is 4.45. The molecule has 0 radical (unpaired) electrons. The molecule has 0 heterocycles. The number of amides is 1. The molecule has 0 spiro atoms. The molecular weight excluding hydrogens is 312 g/mol. The molecule has 0 saturated heterocycles. The minimum absolute atomic E-state index is 0.0782. The van der Waals surface area contributed by atoms with Crippen molar-refractivity contribution < 1.29 is 13.2 Å². The molecule has 2 N–H and O–H groups in total. The van der Waals surface area contributed by atoms with E-state index in [0.717, 1.165) is 41.5 Å². The lowest BCUT2D eigenvalue weighted by Gasteiger charge is -2.21. The van der Waals surface area contributed by atoms with E-state index in [1.165, 1.54) is 6.26 Å². The predicted octanol–water partition coefficient (Wildman–Crippen LogP) is 2.06. The number of rotatable bonds is 5. The zero-order chi connectivity index (χ0) is 17.2. The van der Waals surface area contributed by atoms with Crippen LogP contribution in [0, 0.1) is 26.7 Å². The molecule has 2 rings (SSSR count). The molecule has 1 aliphatic rings. The molecule has 1 amide bonds. The number of nitrogens with one attached hydrogen (secondary N) is 2. The fraction of sp³-hybridized carbons (Fsp3) is 0.588. The maximum absolute atomic E-state index is 12.5. The average Bonchev–Trinajstić information content (AvgIpc) is 2.80. The van der Waals surface area contributed by atoms with Crippen molar-refractivity contribution in [3.63, 3.8) is 0 Å². The lowest BCUT2D eigenvalue weighted by Crippen LogP contribution is -2.41. The van der Waals surface area contributed by atoms with E-state index in [2.05, 4.69) is 10.0 Å². The molecule has 0 unspecified atom stereocenters. The molecule has 23 heavy (non-hydrogen) atoms. The summed E-state index contributed by atoms with van der Waals surface area (Å²) in [5, 5.41) is 2.98. The molecule has 0 aromatic heterocycles. The fourth-order valence-corrected chi connectivity index (χ4v) is 4.42. The SMILES string of the molecule is Cc1cc(C)c(C(=O)NC[C@H]2CCC[C@@H]2NS(C)(=O)=O)c(C)c1. The molecule has 1 aliphatic carbocycles. The number of carbonyl (C=O) groups excluding carboxylic acids is 1. The molecule has 1 aromatic carbocycles. The first-order chi connectivity index (χ1) is 10.7. The first kappa shape index (κ1) is 17.9. The predicted molar refractivity (Wildman–Crippen MR) is 92.1 cm³/mol. The van der Waals surface area contributed by atoms with Crippen molar-refractivity contribution in [1.82, 2.24) is 10.0 Å². The van der Waals surface area contributed by atoms with Crippen molar-refractivity contribution in [1.29, 1.82) is 0 Å². The van der Waals surface area contributed by atoms with E-state index in [1.807, 2.05) is 32.9 Å². The highest BCUT2D eigenvalue weighted by molar-refractivity contribution is 7.88. The Morgan fingerprint density at radius 3 is 2.35 bits per heavy atom. The summed E-state index contributed by atoms with van der Waals surface area (Å²) in [6.07, 6.45) is 3.92. The Kier molecular flexibility index (Phi) is 5.47. The Bertz CT molecular complexity index is 675. The first-order valence-electron chi connectivity index (χ1n) is 8.00. The lowest BCUT2D eigenvalue weighted by molar-refractivity contribution is 0.0945. The third-order valence-corrected chi connectivity index (χ3v) is 5.18. The number of sulfonamides is 1. The van der Waals surface area contributed by atoms with Crippen molar-refractivity contribution in [3.05, 3.63) is 34.4 Å². The van der Waals surface area contributed by atoms with Crippen LogP contribution in [0.2, 0.25) is 0 Å². The molecule has 1 aromatic rings. The second kappa shape index (κ2) is 7.01. The number of carbonyl (C=O) groups is 1. The van der Waals surface area contributed by atoms with Gasteiger partial charge in [-0.2, -0.15) is 0 Å². The van der Waals surface area contributed by atoms with E-state index in [-0.39, 0.29) is 17.9 Å². The maximum atomic E-state index is 12.5. The fourth-order valence-electron chi connectivity index (χ4n) is 3.56. The Hall–Kier alpha value is -1.40. The van der Waals surface area contributed by atoms with Crippen LogP contribution in [0.3, 0.4) is 0 Å². The second-order valence-electron chi connectivity index (χ2n) is 6.67.